The first kappa shape index (κ1) is 20.4. The summed E-state index contributed by atoms with van der Waals surface area (Å²) in [5.74, 6) is -0.267. The molecule has 0 aromatic rings. The summed E-state index contributed by atoms with van der Waals surface area (Å²) < 4.78 is 5.43. The van der Waals surface area contributed by atoms with Crippen LogP contribution in [0, 0.1) is 11.8 Å². The van der Waals surface area contributed by atoms with Gasteiger partial charge in [0.2, 0.25) is 0 Å². The Morgan fingerprint density at radius 1 is 1.15 bits per heavy atom. The number of hydrogen-bond donors (Lipinski definition) is 0. The zero-order chi connectivity index (χ0) is 18.9. The molecule has 0 unspecified atom stereocenters. The van der Waals surface area contributed by atoms with Crippen LogP contribution >= 0.6 is 0 Å². The van der Waals surface area contributed by atoms with Gasteiger partial charge < -0.3 is 4.74 Å². The lowest BCUT2D eigenvalue weighted by Gasteiger charge is -2.29. The first-order valence-corrected chi connectivity index (χ1v) is 9.87. The van der Waals surface area contributed by atoms with Crippen LogP contribution in [0.25, 0.3) is 0 Å². The number of unbranched alkanes of at least 4 members (excludes halogenated alkanes) is 2. The predicted octanol–water partition coefficient (Wildman–Crippen LogP) is 3.79. The Bertz CT molecular complexity index is 553. The number of hydrogen-bond acceptors (Lipinski definition) is 4. The van der Waals surface area contributed by atoms with Crippen LogP contribution in [-0.2, 0) is 19.1 Å². The van der Waals surface area contributed by atoms with Crippen molar-refractivity contribution in [3.63, 3.8) is 0 Å². The fraction of sp³-hybridized carbons (Fsp3) is 0.667. The summed E-state index contributed by atoms with van der Waals surface area (Å²) in [4.78, 5) is 36.7. The van der Waals surface area contributed by atoms with Crippen molar-refractivity contribution in [2.24, 2.45) is 11.8 Å². The highest BCUT2D eigenvalue weighted by molar-refractivity contribution is 6.12. The maximum Gasteiger partial charge on any atom is 0.308 e. The molecule has 0 bridgehead atoms. The summed E-state index contributed by atoms with van der Waals surface area (Å²) in [5.41, 5.74) is 1.41. The minimum atomic E-state index is -0.222. The van der Waals surface area contributed by atoms with Gasteiger partial charge in [0.1, 0.15) is 0 Å². The van der Waals surface area contributed by atoms with E-state index in [-0.39, 0.29) is 23.7 Å². The second-order valence-corrected chi connectivity index (χ2v) is 7.41. The molecule has 1 aliphatic heterocycles. The lowest BCUT2D eigenvalue weighted by molar-refractivity contribution is -0.150. The minimum Gasteiger partial charge on any atom is -0.465 e. The van der Waals surface area contributed by atoms with E-state index in [0.29, 0.717) is 19.1 Å². The summed E-state index contributed by atoms with van der Waals surface area (Å²) in [5, 5.41) is 0. The molecular weight excluding hydrogens is 330 g/mol. The molecule has 2 amide bonds. The maximum absolute atomic E-state index is 12.2. The molecule has 1 aliphatic carbocycles. The van der Waals surface area contributed by atoms with Crippen LogP contribution in [0.2, 0.25) is 0 Å². The molecule has 0 atom stereocenters. The van der Waals surface area contributed by atoms with Gasteiger partial charge >= 0.3 is 5.97 Å². The molecule has 5 nitrogen and oxygen atoms in total. The molecule has 0 spiro atoms. The van der Waals surface area contributed by atoms with Crippen molar-refractivity contribution in [3.8, 4) is 0 Å². The van der Waals surface area contributed by atoms with E-state index >= 15 is 0 Å². The van der Waals surface area contributed by atoms with Crippen LogP contribution in [0.15, 0.2) is 23.8 Å². The second kappa shape index (κ2) is 10.3. The van der Waals surface area contributed by atoms with Crippen LogP contribution in [0.3, 0.4) is 0 Å². The fourth-order valence-electron chi connectivity index (χ4n) is 3.48. The Labute approximate surface area is 156 Å². The van der Waals surface area contributed by atoms with Gasteiger partial charge in [0.05, 0.1) is 12.5 Å². The number of imide groups is 1. The zero-order valence-corrected chi connectivity index (χ0v) is 16.0. The van der Waals surface area contributed by atoms with Gasteiger partial charge in [-0.15, -0.1) is 0 Å². The average molecular weight is 361 g/mol. The third-order valence-electron chi connectivity index (χ3n) is 5.41. The monoisotopic (exact) mass is 361 g/mol. The van der Waals surface area contributed by atoms with E-state index < -0.39 is 0 Å². The second-order valence-electron chi connectivity index (χ2n) is 7.41. The van der Waals surface area contributed by atoms with E-state index in [2.05, 4.69) is 19.9 Å². The Morgan fingerprint density at radius 3 is 2.42 bits per heavy atom. The van der Waals surface area contributed by atoms with Gasteiger partial charge in [-0.2, -0.15) is 0 Å². The highest BCUT2D eigenvalue weighted by atomic mass is 16.5. The molecule has 1 saturated carbocycles. The number of carbonyl (C=O) groups excluding carboxylic acids is 3. The van der Waals surface area contributed by atoms with E-state index in [4.69, 9.17) is 4.74 Å². The number of rotatable bonds is 9. The molecule has 2 rings (SSSR count). The Kier molecular flexibility index (Phi) is 8.07. The van der Waals surface area contributed by atoms with Gasteiger partial charge in [-0.25, -0.2) is 0 Å². The SMILES string of the molecule is CC/C(C)=C\CCCCOC(=O)C1CCC(CN2C(=O)C=CC2=O)CC1. The van der Waals surface area contributed by atoms with Gasteiger partial charge in [0.25, 0.3) is 11.8 Å². The molecule has 0 saturated heterocycles. The highest BCUT2D eigenvalue weighted by Gasteiger charge is 2.31. The Morgan fingerprint density at radius 2 is 1.81 bits per heavy atom. The molecule has 1 fully saturated rings. The summed E-state index contributed by atoms with van der Waals surface area (Å²) in [6.07, 6.45) is 12.3. The van der Waals surface area contributed by atoms with Crippen molar-refractivity contribution >= 4 is 17.8 Å². The molecule has 26 heavy (non-hydrogen) atoms. The number of nitrogens with zero attached hydrogens (tertiary/aromatic N) is 1. The molecule has 1 heterocycles. The normalized spacial score (nSPS) is 23.6. The summed E-state index contributed by atoms with van der Waals surface area (Å²) in [6, 6.07) is 0. The molecule has 0 aromatic heterocycles. The van der Waals surface area contributed by atoms with Crippen molar-refractivity contribution in [2.75, 3.05) is 13.2 Å². The number of allylic oxidation sites excluding steroid dienone is 2. The lowest BCUT2D eigenvalue weighted by Crippen LogP contribution is -2.36. The topological polar surface area (TPSA) is 63.7 Å². The number of esters is 1. The Hall–Kier alpha value is -1.91. The third-order valence-corrected chi connectivity index (χ3v) is 5.41. The summed E-state index contributed by atoms with van der Waals surface area (Å²) in [7, 11) is 0. The number of carbonyl (C=O) groups is 3. The van der Waals surface area contributed by atoms with Gasteiger partial charge in [-0.3, -0.25) is 19.3 Å². The van der Waals surface area contributed by atoms with Crippen LogP contribution < -0.4 is 0 Å². The minimum absolute atomic E-state index is 0.0309. The molecule has 144 valence electrons. The van der Waals surface area contributed by atoms with Gasteiger partial charge in [-0.05, 0) is 64.2 Å². The largest absolute Gasteiger partial charge is 0.465 e. The zero-order valence-electron chi connectivity index (χ0n) is 16.0. The van der Waals surface area contributed by atoms with Crippen LogP contribution in [0.4, 0.5) is 0 Å². The van der Waals surface area contributed by atoms with Crippen molar-refractivity contribution in [3.05, 3.63) is 23.8 Å². The van der Waals surface area contributed by atoms with Crippen LogP contribution in [0.1, 0.15) is 65.2 Å². The first-order valence-electron chi connectivity index (χ1n) is 9.87. The Balaban J connectivity index is 1.59. The van der Waals surface area contributed by atoms with Crippen LogP contribution in [0.5, 0.6) is 0 Å². The summed E-state index contributed by atoms with van der Waals surface area (Å²) >= 11 is 0. The third kappa shape index (κ3) is 6.11. The molecule has 0 N–H and O–H groups in total. The van der Waals surface area contributed by atoms with E-state index in [1.165, 1.54) is 22.6 Å². The van der Waals surface area contributed by atoms with E-state index in [1.54, 1.807) is 0 Å². The molecule has 2 aliphatic rings. The van der Waals surface area contributed by atoms with Gasteiger partial charge in [0, 0.05) is 18.7 Å². The molecule has 0 radical (unpaired) electrons. The van der Waals surface area contributed by atoms with Crippen molar-refractivity contribution in [1.82, 2.24) is 4.90 Å². The van der Waals surface area contributed by atoms with Crippen molar-refractivity contribution < 1.29 is 19.1 Å². The predicted molar refractivity (Wildman–Crippen MR) is 100 cm³/mol. The van der Waals surface area contributed by atoms with Crippen molar-refractivity contribution in [1.29, 1.82) is 0 Å². The molecular formula is C21H31NO4. The highest BCUT2D eigenvalue weighted by Crippen LogP contribution is 2.30. The van der Waals surface area contributed by atoms with E-state index in [1.807, 2.05) is 0 Å². The smallest absolute Gasteiger partial charge is 0.308 e. The maximum atomic E-state index is 12.2. The quantitative estimate of drug-likeness (QED) is 0.271. The molecule has 0 aromatic carbocycles. The van der Waals surface area contributed by atoms with Gasteiger partial charge in [-0.1, -0.05) is 18.6 Å². The fourth-order valence-corrected chi connectivity index (χ4v) is 3.48. The van der Waals surface area contributed by atoms with Crippen LogP contribution in [-0.4, -0.2) is 35.8 Å². The average Bonchev–Trinajstić information content (AvgIpc) is 2.96. The standard InChI is InChI=1S/C21H31NO4/c1-3-16(2)7-5-4-6-14-26-21(25)18-10-8-17(9-11-18)15-22-19(23)12-13-20(22)24/h7,12-13,17-18H,3-6,8-11,14-15H2,1-2H3/b16-7-. The number of ether oxygens (including phenoxy) is 1. The van der Waals surface area contributed by atoms with E-state index in [9.17, 15) is 14.4 Å². The molecule has 5 heteroatoms. The lowest BCUT2D eigenvalue weighted by atomic mass is 9.82. The first-order chi connectivity index (χ1) is 12.5. The summed E-state index contributed by atoms with van der Waals surface area (Å²) in [6.45, 7) is 5.26. The number of amides is 2. The van der Waals surface area contributed by atoms with Crippen molar-refractivity contribution in [2.45, 2.75) is 65.2 Å². The van der Waals surface area contributed by atoms with E-state index in [0.717, 1.165) is 51.4 Å². The van der Waals surface area contributed by atoms with Gasteiger partial charge in [0.15, 0.2) is 0 Å².